The molecule has 1 aliphatic rings. The van der Waals surface area contributed by atoms with Crippen molar-refractivity contribution in [2.45, 2.75) is 19.4 Å². The molecule has 21 heavy (non-hydrogen) atoms. The molecule has 0 atom stereocenters. The Balaban J connectivity index is 1.88. The summed E-state index contributed by atoms with van der Waals surface area (Å²) in [7, 11) is 1.75. The molecule has 1 aromatic rings. The van der Waals surface area contributed by atoms with Crippen molar-refractivity contribution in [1.29, 1.82) is 0 Å². The van der Waals surface area contributed by atoms with Crippen LogP contribution in [0.1, 0.15) is 18.4 Å². The number of piperidine rings is 1. The first-order chi connectivity index (χ1) is 9.97. The predicted octanol–water partition coefficient (Wildman–Crippen LogP) is 2.69. The second kappa shape index (κ2) is 6.80. The Morgan fingerprint density at radius 3 is 2.38 bits per heavy atom. The molecule has 0 spiro atoms. The largest absolute Gasteiger partial charge is 0.481 e. The number of halogens is 1. The van der Waals surface area contributed by atoms with Crippen LogP contribution in [0.3, 0.4) is 0 Å². The van der Waals surface area contributed by atoms with E-state index >= 15 is 0 Å². The molecule has 1 heterocycles. The van der Waals surface area contributed by atoms with E-state index in [-0.39, 0.29) is 11.9 Å². The summed E-state index contributed by atoms with van der Waals surface area (Å²) in [5.41, 5.74) is 1.01. The quantitative estimate of drug-likeness (QED) is 0.933. The van der Waals surface area contributed by atoms with Gasteiger partial charge in [-0.1, -0.05) is 23.7 Å². The maximum absolute atomic E-state index is 12.3. The zero-order chi connectivity index (χ0) is 15.4. The van der Waals surface area contributed by atoms with Crippen LogP contribution in [0, 0.1) is 5.92 Å². The second-order valence-corrected chi connectivity index (χ2v) is 5.80. The van der Waals surface area contributed by atoms with Crippen molar-refractivity contribution in [3.05, 3.63) is 34.9 Å². The molecule has 0 unspecified atom stereocenters. The Bertz CT molecular complexity index is 510. The van der Waals surface area contributed by atoms with E-state index < -0.39 is 5.97 Å². The molecule has 2 amide bonds. The number of hydrogen-bond acceptors (Lipinski definition) is 2. The Hall–Kier alpha value is -1.75. The number of aliphatic carboxylic acids is 1. The molecule has 0 aromatic heterocycles. The van der Waals surface area contributed by atoms with Gasteiger partial charge in [-0.3, -0.25) is 4.79 Å². The van der Waals surface area contributed by atoms with Crippen molar-refractivity contribution >= 4 is 23.6 Å². The fourth-order valence-electron chi connectivity index (χ4n) is 2.49. The zero-order valence-corrected chi connectivity index (χ0v) is 12.7. The van der Waals surface area contributed by atoms with Crippen molar-refractivity contribution in [3.8, 4) is 0 Å². The average molecular weight is 311 g/mol. The molecule has 2 rings (SSSR count). The van der Waals surface area contributed by atoms with Gasteiger partial charge in [-0.25, -0.2) is 4.79 Å². The molecule has 1 fully saturated rings. The molecule has 1 N–H and O–H groups in total. The van der Waals surface area contributed by atoms with Crippen molar-refractivity contribution < 1.29 is 14.7 Å². The number of nitrogens with zero attached hydrogens (tertiary/aromatic N) is 2. The summed E-state index contributed by atoms with van der Waals surface area (Å²) in [4.78, 5) is 26.6. The second-order valence-electron chi connectivity index (χ2n) is 5.36. The van der Waals surface area contributed by atoms with Gasteiger partial charge < -0.3 is 14.9 Å². The Morgan fingerprint density at radius 1 is 1.29 bits per heavy atom. The highest BCUT2D eigenvalue weighted by molar-refractivity contribution is 6.30. The number of carboxylic acid groups (broad SMARTS) is 1. The predicted molar refractivity (Wildman–Crippen MR) is 80.2 cm³/mol. The van der Waals surface area contributed by atoms with Gasteiger partial charge in [0.15, 0.2) is 0 Å². The molecule has 0 radical (unpaired) electrons. The normalized spacial score (nSPS) is 15.8. The molecule has 6 heteroatoms. The minimum Gasteiger partial charge on any atom is -0.481 e. The fourth-order valence-corrected chi connectivity index (χ4v) is 2.62. The van der Waals surface area contributed by atoms with Crippen LogP contribution in [0.15, 0.2) is 24.3 Å². The van der Waals surface area contributed by atoms with Crippen LogP contribution < -0.4 is 0 Å². The lowest BCUT2D eigenvalue weighted by Gasteiger charge is -2.33. The van der Waals surface area contributed by atoms with Crippen molar-refractivity contribution in [3.63, 3.8) is 0 Å². The summed E-state index contributed by atoms with van der Waals surface area (Å²) in [6, 6.07) is 7.32. The molecule has 0 aliphatic carbocycles. The molecule has 5 nitrogen and oxygen atoms in total. The standard InChI is InChI=1S/C15H19ClN2O3/c1-17(10-11-2-4-13(16)5-3-11)15(21)18-8-6-12(7-9-18)14(19)20/h2-5,12H,6-10H2,1H3,(H,19,20). The molecule has 114 valence electrons. The van der Waals surface area contributed by atoms with E-state index in [0.29, 0.717) is 37.5 Å². The fraction of sp³-hybridized carbons (Fsp3) is 0.467. The van der Waals surface area contributed by atoms with E-state index in [2.05, 4.69) is 0 Å². The van der Waals surface area contributed by atoms with Crippen molar-refractivity contribution in [1.82, 2.24) is 9.80 Å². The van der Waals surface area contributed by atoms with Gasteiger partial charge in [-0.05, 0) is 30.5 Å². The highest BCUT2D eigenvalue weighted by Gasteiger charge is 2.28. The lowest BCUT2D eigenvalue weighted by atomic mass is 9.97. The third kappa shape index (κ3) is 4.11. The Morgan fingerprint density at radius 2 is 1.86 bits per heavy atom. The first-order valence-electron chi connectivity index (χ1n) is 6.94. The molecule has 1 aromatic carbocycles. The summed E-state index contributed by atoms with van der Waals surface area (Å²) < 4.78 is 0. The van der Waals surface area contributed by atoms with Crippen LogP contribution >= 0.6 is 11.6 Å². The zero-order valence-electron chi connectivity index (χ0n) is 12.0. The number of carboxylic acids is 1. The Kier molecular flexibility index (Phi) is 5.07. The van der Waals surface area contributed by atoms with E-state index in [4.69, 9.17) is 16.7 Å². The number of hydrogen-bond donors (Lipinski definition) is 1. The summed E-state index contributed by atoms with van der Waals surface area (Å²) in [5.74, 6) is -1.09. The monoisotopic (exact) mass is 310 g/mol. The number of rotatable bonds is 3. The third-order valence-electron chi connectivity index (χ3n) is 3.77. The molecular weight excluding hydrogens is 292 g/mol. The minimum atomic E-state index is -0.767. The van der Waals surface area contributed by atoms with Gasteiger partial charge in [0.25, 0.3) is 0 Å². The highest BCUT2D eigenvalue weighted by atomic mass is 35.5. The number of benzene rings is 1. The summed E-state index contributed by atoms with van der Waals surface area (Å²) in [6.45, 7) is 1.51. The number of carbonyl (C=O) groups is 2. The summed E-state index contributed by atoms with van der Waals surface area (Å²) in [5, 5.41) is 9.63. The number of likely N-dealkylation sites (tertiary alicyclic amines) is 1. The third-order valence-corrected chi connectivity index (χ3v) is 4.03. The Labute approximate surface area is 129 Å². The molecule has 1 saturated heterocycles. The van der Waals surface area contributed by atoms with E-state index in [9.17, 15) is 9.59 Å². The average Bonchev–Trinajstić information content (AvgIpc) is 2.49. The topological polar surface area (TPSA) is 60.9 Å². The smallest absolute Gasteiger partial charge is 0.320 e. The maximum atomic E-state index is 12.3. The highest BCUT2D eigenvalue weighted by Crippen LogP contribution is 2.19. The molecular formula is C15H19ClN2O3. The van der Waals surface area contributed by atoms with Crippen molar-refractivity contribution in [2.24, 2.45) is 5.92 Å². The number of amides is 2. The van der Waals surface area contributed by atoms with Crippen LogP contribution in [0.4, 0.5) is 4.79 Å². The molecule has 0 saturated carbocycles. The van der Waals surface area contributed by atoms with Crippen LogP contribution in [0.25, 0.3) is 0 Å². The van der Waals surface area contributed by atoms with Gasteiger partial charge in [0.2, 0.25) is 0 Å². The lowest BCUT2D eigenvalue weighted by Crippen LogP contribution is -2.45. The van der Waals surface area contributed by atoms with Gasteiger partial charge >= 0.3 is 12.0 Å². The maximum Gasteiger partial charge on any atom is 0.320 e. The van der Waals surface area contributed by atoms with Gasteiger partial charge in [0.05, 0.1) is 5.92 Å². The molecule has 0 bridgehead atoms. The number of urea groups is 1. The van der Waals surface area contributed by atoms with Crippen LogP contribution in [0.5, 0.6) is 0 Å². The summed E-state index contributed by atoms with van der Waals surface area (Å²) in [6.07, 6.45) is 1.05. The van der Waals surface area contributed by atoms with Crippen molar-refractivity contribution in [2.75, 3.05) is 20.1 Å². The first-order valence-corrected chi connectivity index (χ1v) is 7.32. The lowest BCUT2D eigenvalue weighted by molar-refractivity contribution is -0.143. The van der Waals surface area contributed by atoms with Gasteiger partial charge in [-0.2, -0.15) is 0 Å². The van der Waals surface area contributed by atoms with Crippen LogP contribution in [-0.2, 0) is 11.3 Å². The first kappa shape index (κ1) is 15.6. The van der Waals surface area contributed by atoms with E-state index in [1.54, 1.807) is 29.0 Å². The van der Waals surface area contributed by atoms with Crippen LogP contribution in [-0.4, -0.2) is 47.0 Å². The van der Waals surface area contributed by atoms with E-state index in [1.165, 1.54) is 0 Å². The minimum absolute atomic E-state index is 0.0613. The molecule has 1 aliphatic heterocycles. The van der Waals surface area contributed by atoms with Gasteiger partial charge in [0, 0.05) is 31.7 Å². The van der Waals surface area contributed by atoms with E-state index in [0.717, 1.165) is 5.56 Å². The van der Waals surface area contributed by atoms with E-state index in [1.807, 2.05) is 12.1 Å². The summed E-state index contributed by atoms with van der Waals surface area (Å²) >= 11 is 5.83. The van der Waals surface area contributed by atoms with Crippen LogP contribution in [0.2, 0.25) is 5.02 Å². The van der Waals surface area contributed by atoms with Gasteiger partial charge in [-0.15, -0.1) is 0 Å². The van der Waals surface area contributed by atoms with Gasteiger partial charge in [0.1, 0.15) is 0 Å². The SMILES string of the molecule is CN(Cc1ccc(Cl)cc1)C(=O)N1CCC(C(=O)O)CC1. The number of carbonyl (C=O) groups excluding carboxylic acids is 1.